The maximum absolute atomic E-state index is 10.4. The molecule has 13 heavy (non-hydrogen) atoms. The molecule has 0 aliphatic heterocycles. The van der Waals surface area contributed by atoms with Crippen LogP contribution in [0.5, 0.6) is 0 Å². The summed E-state index contributed by atoms with van der Waals surface area (Å²) in [5.74, 6) is 0.0828. The van der Waals surface area contributed by atoms with Crippen molar-refractivity contribution >= 4 is 34.6 Å². The summed E-state index contributed by atoms with van der Waals surface area (Å²) >= 11 is 2.20. The van der Waals surface area contributed by atoms with E-state index in [1.807, 2.05) is 25.1 Å². The van der Waals surface area contributed by atoms with Crippen LogP contribution >= 0.6 is 22.6 Å². The van der Waals surface area contributed by atoms with Crippen molar-refractivity contribution in [1.29, 1.82) is 0 Å². The Morgan fingerprint density at radius 1 is 1.62 bits per heavy atom. The van der Waals surface area contributed by atoms with Gasteiger partial charge < -0.3 is 10.5 Å². The lowest BCUT2D eigenvalue weighted by Crippen LogP contribution is -2.01. The molecular formula is C10H12INO. The van der Waals surface area contributed by atoms with Gasteiger partial charge in [-0.1, -0.05) is 13.0 Å². The molecule has 0 bridgehead atoms. The molecule has 1 aromatic rings. The van der Waals surface area contributed by atoms with Gasteiger partial charge in [-0.3, -0.25) is 0 Å². The van der Waals surface area contributed by atoms with Gasteiger partial charge in [0.1, 0.15) is 6.29 Å². The molecule has 0 amide bonds. The highest BCUT2D eigenvalue weighted by molar-refractivity contribution is 14.1. The number of anilines is 1. The van der Waals surface area contributed by atoms with E-state index in [0.717, 1.165) is 22.0 Å². The molecule has 0 fully saturated rings. The summed E-state index contributed by atoms with van der Waals surface area (Å²) in [6.07, 6.45) is 1.77. The molecule has 0 heterocycles. The Balaban J connectivity index is 2.79. The van der Waals surface area contributed by atoms with Gasteiger partial charge in [-0.05, 0) is 46.7 Å². The molecule has 0 saturated carbocycles. The summed E-state index contributed by atoms with van der Waals surface area (Å²) in [7, 11) is 0. The Labute approximate surface area is 91.7 Å². The Morgan fingerprint density at radius 3 is 2.85 bits per heavy atom. The second kappa shape index (κ2) is 4.60. The predicted molar refractivity (Wildman–Crippen MR) is 62.5 cm³/mol. The molecule has 1 unspecified atom stereocenters. The van der Waals surface area contributed by atoms with Gasteiger partial charge >= 0.3 is 0 Å². The van der Waals surface area contributed by atoms with Crippen molar-refractivity contribution in [2.75, 3.05) is 5.73 Å². The van der Waals surface area contributed by atoms with Crippen LogP contribution in [-0.4, -0.2) is 6.29 Å². The Morgan fingerprint density at radius 2 is 2.31 bits per heavy atom. The normalized spacial score (nSPS) is 12.5. The number of nitrogen functional groups attached to an aromatic ring is 1. The molecule has 1 aromatic carbocycles. The van der Waals surface area contributed by atoms with Crippen LogP contribution in [0.1, 0.15) is 12.5 Å². The summed E-state index contributed by atoms with van der Waals surface area (Å²) in [6, 6.07) is 5.88. The van der Waals surface area contributed by atoms with Crippen molar-refractivity contribution in [3.63, 3.8) is 0 Å². The number of hydrogen-bond acceptors (Lipinski definition) is 2. The summed E-state index contributed by atoms with van der Waals surface area (Å²) in [6.45, 7) is 1.91. The van der Waals surface area contributed by atoms with E-state index >= 15 is 0 Å². The van der Waals surface area contributed by atoms with Crippen LogP contribution in [0.2, 0.25) is 0 Å². The Bertz CT molecular complexity index is 312. The molecule has 70 valence electrons. The van der Waals surface area contributed by atoms with Crippen LogP contribution in [0.15, 0.2) is 18.2 Å². The van der Waals surface area contributed by atoms with E-state index < -0.39 is 0 Å². The average molecular weight is 289 g/mol. The molecular weight excluding hydrogens is 277 g/mol. The number of nitrogens with two attached hydrogens (primary N) is 1. The van der Waals surface area contributed by atoms with E-state index in [-0.39, 0.29) is 5.92 Å². The summed E-state index contributed by atoms with van der Waals surface area (Å²) in [5.41, 5.74) is 7.63. The standard InChI is InChI=1S/C10H12INO/c1-7(6-13)4-8-2-3-10(12)9(11)5-8/h2-3,5-7H,4,12H2,1H3. The van der Waals surface area contributed by atoms with E-state index in [2.05, 4.69) is 22.6 Å². The number of rotatable bonds is 3. The van der Waals surface area contributed by atoms with Gasteiger partial charge in [-0.15, -0.1) is 0 Å². The number of hydrogen-bond donors (Lipinski definition) is 1. The number of benzene rings is 1. The fourth-order valence-electron chi connectivity index (χ4n) is 1.12. The molecule has 1 atom stereocenters. The minimum Gasteiger partial charge on any atom is -0.398 e. The molecule has 2 N–H and O–H groups in total. The van der Waals surface area contributed by atoms with Crippen molar-refractivity contribution < 1.29 is 4.79 Å². The predicted octanol–water partition coefficient (Wildman–Crippen LogP) is 2.25. The Hall–Kier alpha value is -0.580. The summed E-state index contributed by atoms with van der Waals surface area (Å²) in [5, 5.41) is 0. The quantitative estimate of drug-likeness (QED) is 0.527. The minimum absolute atomic E-state index is 0.0828. The lowest BCUT2D eigenvalue weighted by atomic mass is 10.0. The van der Waals surface area contributed by atoms with Gasteiger partial charge in [0.05, 0.1) is 0 Å². The number of aldehydes is 1. The van der Waals surface area contributed by atoms with Crippen LogP contribution in [0, 0.1) is 9.49 Å². The smallest absolute Gasteiger partial charge is 0.123 e. The van der Waals surface area contributed by atoms with Gasteiger partial charge in [0.15, 0.2) is 0 Å². The third kappa shape index (κ3) is 2.99. The third-order valence-corrected chi connectivity index (χ3v) is 2.79. The van der Waals surface area contributed by atoms with Crippen LogP contribution in [0.25, 0.3) is 0 Å². The fraction of sp³-hybridized carbons (Fsp3) is 0.300. The first-order valence-electron chi connectivity index (χ1n) is 4.12. The van der Waals surface area contributed by atoms with Crippen LogP contribution in [-0.2, 0) is 11.2 Å². The molecule has 1 rings (SSSR count). The zero-order valence-corrected chi connectivity index (χ0v) is 9.61. The van der Waals surface area contributed by atoms with Gasteiger partial charge in [0, 0.05) is 15.2 Å². The van der Waals surface area contributed by atoms with Gasteiger partial charge in [0.2, 0.25) is 0 Å². The molecule has 2 nitrogen and oxygen atoms in total. The molecule has 0 aliphatic carbocycles. The second-order valence-electron chi connectivity index (χ2n) is 3.17. The molecule has 0 aromatic heterocycles. The van der Waals surface area contributed by atoms with E-state index in [1.165, 1.54) is 5.56 Å². The lowest BCUT2D eigenvalue weighted by molar-refractivity contribution is -0.110. The zero-order chi connectivity index (χ0) is 9.84. The first kappa shape index (κ1) is 10.5. The summed E-state index contributed by atoms with van der Waals surface area (Å²) in [4.78, 5) is 10.4. The SMILES string of the molecule is CC(C=O)Cc1ccc(N)c(I)c1. The van der Waals surface area contributed by atoms with Gasteiger partial charge in [-0.2, -0.15) is 0 Å². The highest BCUT2D eigenvalue weighted by Gasteiger charge is 2.03. The third-order valence-electron chi connectivity index (χ3n) is 1.85. The first-order valence-corrected chi connectivity index (χ1v) is 5.20. The van der Waals surface area contributed by atoms with E-state index in [9.17, 15) is 4.79 Å². The van der Waals surface area contributed by atoms with Crippen LogP contribution in [0.3, 0.4) is 0 Å². The molecule has 0 spiro atoms. The number of halogens is 1. The van der Waals surface area contributed by atoms with Crippen molar-refractivity contribution in [2.24, 2.45) is 5.92 Å². The molecule has 3 heteroatoms. The van der Waals surface area contributed by atoms with Gasteiger partial charge in [-0.25, -0.2) is 0 Å². The minimum atomic E-state index is 0.0828. The number of carbonyl (C=O) groups excluding carboxylic acids is 1. The van der Waals surface area contributed by atoms with Crippen molar-refractivity contribution in [3.05, 3.63) is 27.3 Å². The van der Waals surface area contributed by atoms with Crippen molar-refractivity contribution in [3.8, 4) is 0 Å². The van der Waals surface area contributed by atoms with E-state index in [1.54, 1.807) is 0 Å². The van der Waals surface area contributed by atoms with Crippen LogP contribution < -0.4 is 5.73 Å². The number of carbonyl (C=O) groups is 1. The molecule has 0 radical (unpaired) electrons. The van der Waals surface area contributed by atoms with Gasteiger partial charge in [0.25, 0.3) is 0 Å². The average Bonchev–Trinajstić information content (AvgIpc) is 2.11. The fourth-order valence-corrected chi connectivity index (χ4v) is 1.70. The highest BCUT2D eigenvalue weighted by atomic mass is 127. The molecule has 0 aliphatic rings. The van der Waals surface area contributed by atoms with Crippen LogP contribution in [0.4, 0.5) is 5.69 Å². The van der Waals surface area contributed by atoms with Crippen molar-refractivity contribution in [2.45, 2.75) is 13.3 Å². The lowest BCUT2D eigenvalue weighted by Gasteiger charge is -2.05. The highest BCUT2D eigenvalue weighted by Crippen LogP contribution is 2.17. The molecule has 0 saturated heterocycles. The Kier molecular flexibility index (Phi) is 3.71. The van der Waals surface area contributed by atoms with E-state index in [0.29, 0.717) is 0 Å². The maximum atomic E-state index is 10.4. The summed E-state index contributed by atoms with van der Waals surface area (Å²) < 4.78 is 1.05. The maximum Gasteiger partial charge on any atom is 0.123 e. The second-order valence-corrected chi connectivity index (χ2v) is 4.34. The first-order chi connectivity index (χ1) is 6.13. The zero-order valence-electron chi connectivity index (χ0n) is 7.46. The van der Waals surface area contributed by atoms with Crippen molar-refractivity contribution in [1.82, 2.24) is 0 Å². The monoisotopic (exact) mass is 289 g/mol. The van der Waals surface area contributed by atoms with E-state index in [4.69, 9.17) is 5.73 Å². The largest absolute Gasteiger partial charge is 0.398 e. The topological polar surface area (TPSA) is 43.1 Å².